The van der Waals surface area contributed by atoms with Gasteiger partial charge in [-0.1, -0.05) is 6.08 Å². The van der Waals surface area contributed by atoms with Crippen LogP contribution in [0.5, 0.6) is 0 Å². The zero-order chi connectivity index (χ0) is 10.1. The summed E-state index contributed by atoms with van der Waals surface area (Å²) in [5.41, 5.74) is 0. The molecule has 0 fully saturated rings. The first-order valence-corrected chi connectivity index (χ1v) is 4.33. The molecule has 0 heterocycles. The van der Waals surface area contributed by atoms with E-state index in [2.05, 4.69) is 0 Å². The van der Waals surface area contributed by atoms with Crippen LogP contribution < -0.4 is 0 Å². The maximum Gasteiger partial charge on any atom is 0.327 e. The third-order valence-corrected chi connectivity index (χ3v) is 1.29. The number of hydrogen-bond acceptors (Lipinski definition) is 3. The average molecular weight is 188 g/mol. The summed E-state index contributed by atoms with van der Waals surface area (Å²) in [5, 5.41) is 8.32. The Hall–Kier alpha value is -0.870. The third kappa shape index (κ3) is 7.49. The Morgan fingerprint density at radius 1 is 1.38 bits per heavy atom. The highest BCUT2D eigenvalue weighted by Crippen LogP contribution is 2.01. The fourth-order valence-electron chi connectivity index (χ4n) is 0.836. The number of hydrogen-bond donors (Lipinski definition) is 1. The standard InChI is InChI=1S/C9H16O4/c1-3-12-9(13-4-2)7-5-6-8(10)11/h5-6,9H,3-4,7H2,1-2H3,(H,10,11)/b6-5+. The molecule has 0 spiro atoms. The molecule has 0 amide bonds. The lowest BCUT2D eigenvalue weighted by atomic mass is 10.3. The number of rotatable bonds is 7. The van der Waals surface area contributed by atoms with Crippen LogP contribution in [0.1, 0.15) is 20.3 Å². The molecule has 4 nitrogen and oxygen atoms in total. The molecule has 13 heavy (non-hydrogen) atoms. The van der Waals surface area contributed by atoms with Gasteiger partial charge in [0.25, 0.3) is 0 Å². The van der Waals surface area contributed by atoms with Crippen molar-refractivity contribution in [3.63, 3.8) is 0 Å². The fraction of sp³-hybridized carbons (Fsp3) is 0.667. The summed E-state index contributed by atoms with van der Waals surface area (Å²) in [6.07, 6.45) is 2.75. The first-order valence-electron chi connectivity index (χ1n) is 4.33. The second-order valence-corrected chi connectivity index (χ2v) is 2.32. The highest BCUT2D eigenvalue weighted by Gasteiger charge is 2.04. The Morgan fingerprint density at radius 3 is 2.31 bits per heavy atom. The maximum atomic E-state index is 10.1. The van der Waals surface area contributed by atoms with Crippen molar-refractivity contribution in [3.05, 3.63) is 12.2 Å². The second kappa shape index (κ2) is 7.76. The van der Waals surface area contributed by atoms with Gasteiger partial charge in [-0.05, 0) is 13.8 Å². The monoisotopic (exact) mass is 188 g/mol. The lowest BCUT2D eigenvalue weighted by molar-refractivity contribution is -0.133. The van der Waals surface area contributed by atoms with E-state index in [1.807, 2.05) is 13.8 Å². The Morgan fingerprint density at radius 2 is 1.92 bits per heavy atom. The molecule has 0 unspecified atom stereocenters. The number of carbonyl (C=O) groups is 1. The van der Waals surface area contributed by atoms with Crippen molar-refractivity contribution in [1.82, 2.24) is 0 Å². The Labute approximate surface area is 78.2 Å². The van der Waals surface area contributed by atoms with Crippen LogP contribution in [-0.4, -0.2) is 30.6 Å². The summed E-state index contributed by atoms with van der Waals surface area (Å²) in [5.74, 6) is -0.952. The summed E-state index contributed by atoms with van der Waals surface area (Å²) in [6.45, 7) is 4.86. The normalized spacial score (nSPS) is 11.3. The molecule has 0 aromatic carbocycles. The van der Waals surface area contributed by atoms with Gasteiger partial charge in [-0.25, -0.2) is 4.79 Å². The fourth-order valence-corrected chi connectivity index (χ4v) is 0.836. The molecule has 1 N–H and O–H groups in total. The third-order valence-electron chi connectivity index (χ3n) is 1.29. The molecule has 0 aliphatic rings. The van der Waals surface area contributed by atoms with Gasteiger partial charge in [0.05, 0.1) is 0 Å². The molecule has 0 aliphatic heterocycles. The first kappa shape index (κ1) is 12.1. The lowest BCUT2D eigenvalue weighted by Crippen LogP contribution is -2.16. The molecule has 0 aromatic heterocycles. The SMILES string of the molecule is CCOC(C/C=C/C(=O)O)OCC. The van der Waals surface area contributed by atoms with Gasteiger partial charge in [-0.2, -0.15) is 0 Å². The minimum absolute atomic E-state index is 0.328. The van der Waals surface area contributed by atoms with Crippen molar-refractivity contribution >= 4 is 5.97 Å². The molecule has 0 saturated carbocycles. The largest absolute Gasteiger partial charge is 0.478 e. The minimum atomic E-state index is -0.952. The highest BCUT2D eigenvalue weighted by molar-refractivity contribution is 5.79. The highest BCUT2D eigenvalue weighted by atomic mass is 16.7. The first-order chi connectivity index (χ1) is 6.20. The predicted molar refractivity (Wildman–Crippen MR) is 48.4 cm³/mol. The van der Waals surface area contributed by atoms with Crippen molar-refractivity contribution in [2.75, 3.05) is 13.2 Å². The molecular formula is C9H16O4. The molecule has 0 saturated heterocycles. The van der Waals surface area contributed by atoms with E-state index in [0.717, 1.165) is 6.08 Å². The summed E-state index contributed by atoms with van der Waals surface area (Å²) in [6, 6.07) is 0. The second-order valence-electron chi connectivity index (χ2n) is 2.32. The molecule has 76 valence electrons. The quantitative estimate of drug-likeness (QED) is 0.485. The van der Waals surface area contributed by atoms with Crippen molar-refractivity contribution < 1.29 is 19.4 Å². The Balaban J connectivity index is 3.73. The summed E-state index contributed by atoms with van der Waals surface area (Å²) in [7, 11) is 0. The predicted octanol–water partition coefficient (Wildman–Crippen LogP) is 1.42. The van der Waals surface area contributed by atoms with E-state index in [4.69, 9.17) is 14.6 Å². The number of aliphatic carboxylic acids is 1. The van der Waals surface area contributed by atoms with Crippen LogP contribution in [0.25, 0.3) is 0 Å². The topological polar surface area (TPSA) is 55.8 Å². The van der Waals surface area contributed by atoms with Gasteiger partial charge in [-0.15, -0.1) is 0 Å². The van der Waals surface area contributed by atoms with Crippen molar-refractivity contribution in [2.24, 2.45) is 0 Å². The van der Waals surface area contributed by atoms with E-state index in [0.29, 0.717) is 19.6 Å². The van der Waals surface area contributed by atoms with Crippen molar-refractivity contribution in [1.29, 1.82) is 0 Å². The molecule has 0 rings (SSSR count). The van der Waals surface area contributed by atoms with E-state index >= 15 is 0 Å². The zero-order valence-electron chi connectivity index (χ0n) is 8.03. The van der Waals surface area contributed by atoms with Gasteiger partial charge >= 0.3 is 5.97 Å². The van der Waals surface area contributed by atoms with Crippen LogP contribution in [0.4, 0.5) is 0 Å². The van der Waals surface area contributed by atoms with Crippen molar-refractivity contribution in [2.45, 2.75) is 26.6 Å². The van der Waals surface area contributed by atoms with Crippen LogP contribution in [0.2, 0.25) is 0 Å². The van der Waals surface area contributed by atoms with E-state index in [9.17, 15) is 4.79 Å². The molecule has 0 aliphatic carbocycles. The Bertz CT molecular complexity index is 159. The van der Waals surface area contributed by atoms with E-state index in [1.54, 1.807) is 0 Å². The van der Waals surface area contributed by atoms with Crippen LogP contribution in [0.15, 0.2) is 12.2 Å². The van der Waals surface area contributed by atoms with Crippen molar-refractivity contribution in [3.8, 4) is 0 Å². The Kier molecular flexibility index (Phi) is 7.24. The molecule has 0 radical (unpaired) electrons. The van der Waals surface area contributed by atoms with Crippen LogP contribution in [0, 0.1) is 0 Å². The van der Waals surface area contributed by atoms with Gasteiger partial charge < -0.3 is 14.6 Å². The number of carboxylic acids is 1. The van der Waals surface area contributed by atoms with Gasteiger partial charge in [0.15, 0.2) is 6.29 Å². The number of carboxylic acid groups (broad SMARTS) is 1. The molecule has 4 heteroatoms. The lowest BCUT2D eigenvalue weighted by Gasteiger charge is -2.14. The zero-order valence-corrected chi connectivity index (χ0v) is 8.03. The molecule has 0 atom stereocenters. The summed E-state index contributed by atoms with van der Waals surface area (Å²) in [4.78, 5) is 10.1. The number of ether oxygens (including phenoxy) is 2. The molecule has 0 bridgehead atoms. The van der Waals surface area contributed by atoms with E-state index < -0.39 is 5.97 Å². The summed E-state index contributed by atoms with van der Waals surface area (Å²) < 4.78 is 10.4. The van der Waals surface area contributed by atoms with E-state index in [-0.39, 0.29) is 6.29 Å². The summed E-state index contributed by atoms with van der Waals surface area (Å²) >= 11 is 0. The smallest absolute Gasteiger partial charge is 0.327 e. The van der Waals surface area contributed by atoms with Gasteiger partial charge in [-0.3, -0.25) is 0 Å². The van der Waals surface area contributed by atoms with Crippen LogP contribution in [0.3, 0.4) is 0 Å². The van der Waals surface area contributed by atoms with Gasteiger partial charge in [0.2, 0.25) is 0 Å². The minimum Gasteiger partial charge on any atom is -0.478 e. The van der Waals surface area contributed by atoms with E-state index in [1.165, 1.54) is 6.08 Å². The van der Waals surface area contributed by atoms with Crippen LogP contribution >= 0.6 is 0 Å². The molecule has 0 aromatic rings. The molecular weight excluding hydrogens is 172 g/mol. The van der Waals surface area contributed by atoms with Gasteiger partial charge in [0, 0.05) is 25.7 Å². The maximum absolute atomic E-state index is 10.1. The van der Waals surface area contributed by atoms with Gasteiger partial charge in [0.1, 0.15) is 0 Å². The average Bonchev–Trinajstić information content (AvgIpc) is 2.04. The van der Waals surface area contributed by atoms with Crippen LogP contribution in [-0.2, 0) is 14.3 Å².